The molecule has 1 aliphatic carbocycles. The Kier molecular flexibility index (Phi) is 5.63. The number of ether oxygens (including phenoxy) is 1. The van der Waals surface area contributed by atoms with Crippen LogP contribution in [0.15, 0.2) is 0 Å². The number of rotatable bonds is 8. The number of nitrogens with two attached hydrogens (primary N) is 1. The van der Waals surface area contributed by atoms with Crippen molar-refractivity contribution in [3.05, 3.63) is 0 Å². The fourth-order valence-electron chi connectivity index (χ4n) is 3.42. The summed E-state index contributed by atoms with van der Waals surface area (Å²) in [5, 5.41) is 3.49. The Morgan fingerprint density at radius 3 is 2.67 bits per heavy atom. The monoisotopic (exact) mass is 297 g/mol. The molecule has 5 heteroatoms. The lowest BCUT2D eigenvalue weighted by Gasteiger charge is -2.44. The van der Waals surface area contributed by atoms with Crippen LogP contribution in [-0.4, -0.2) is 54.7 Å². The number of primary amides is 1. The summed E-state index contributed by atoms with van der Waals surface area (Å²) in [4.78, 5) is 14.7. The highest BCUT2D eigenvalue weighted by Crippen LogP contribution is 2.40. The standard InChI is InChI=1S/C16H31N3O2/c1-4-8-18-16(15(17)20,13-6-7-13)11-19-9-12(3)21-10-14(19)5-2/h12-14,18H,4-11H2,1-3H3,(H2,17,20). The third kappa shape index (κ3) is 3.76. The van der Waals surface area contributed by atoms with Gasteiger partial charge in [0.2, 0.25) is 5.91 Å². The number of nitrogens with zero attached hydrogens (tertiary/aromatic N) is 1. The fraction of sp³-hybridized carbons (Fsp3) is 0.938. The van der Waals surface area contributed by atoms with E-state index in [1.165, 1.54) is 0 Å². The first-order valence-electron chi connectivity index (χ1n) is 8.44. The topological polar surface area (TPSA) is 67.6 Å². The molecule has 1 amide bonds. The Morgan fingerprint density at radius 2 is 2.14 bits per heavy atom. The normalized spacial score (nSPS) is 30.0. The minimum absolute atomic E-state index is 0.188. The quantitative estimate of drug-likeness (QED) is 0.704. The fourth-order valence-corrected chi connectivity index (χ4v) is 3.42. The molecular formula is C16H31N3O2. The van der Waals surface area contributed by atoms with Gasteiger partial charge in [0.25, 0.3) is 0 Å². The highest BCUT2D eigenvalue weighted by atomic mass is 16.5. The highest BCUT2D eigenvalue weighted by molar-refractivity contribution is 5.86. The van der Waals surface area contributed by atoms with E-state index in [1.54, 1.807) is 0 Å². The van der Waals surface area contributed by atoms with Gasteiger partial charge in [0.05, 0.1) is 12.7 Å². The number of hydrogen-bond donors (Lipinski definition) is 2. The molecule has 1 heterocycles. The SMILES string of the molecule is CCCNC(CN1CC(C)OCC1CC)(C(N)=O)C1CC1. The highest BCUT2D eigenvalue weighted by Gasteiger charge is 2.51. The van der Waals surface area contributed by atoms with Crippen molar-refractivity contribution in [2.75, 3.05) is 26.2 Å². The molecule has 0 bridgehead atoms. The molecule has 0 aromatic carbocycles. The lowest BCUT2D eigenvalue weighted by atomic mass is 9.89. The van der Waals surface area contributed by atoms with Gasteiger partial charge in [0, 0.05) is 19.1 Å². The van der Waals surface area contributed by atoms with Crippen molar-refractivity contribution in [1.29, 1.82) is 0 Å². The minimum Gasteiger partial charge on any atom is -0.376 e. The number of amides is 1. The van der Waals surface area contributed by atoms with Crippen LogP contribution in [0, 0.1) is 5.92 Å². The predicted molar refractivity (Wildman–Crippen MR) is 84.0 cm³/mol. The maximum absolute atomic E-state index is 12.3. The molecule has 0 radical (unpaired) electrons. The van der Waals surface area contributed by atoms with Crippen LogP contribution in [0.25, 0.3) is 0 Å². The summed E-state index contributed by atoms with van der Waals surface area (Å²) in [6, 6.07) is 0.391. The van der Waals surface area contributed by atoms with Crippen molar-refractivity contribution >= 4 is 5.91 Å². The molecule has 21 heavy (non-hydrogen) atoms. The van der Waals surface area contributed by atoms with Crippen LogP contribution in [0.5, 0.6) is 0 Å². The Labute approximate surface area is 128 Å². The van der Waals surface area contributed by atoms with Gasteiger partial charge in [-0.05, 0) is 45.1 Å². The van der Waals surface area contributed by atoms with Crippen LogP contribution in [-0.2, 0) is 9.53 Å². The largest absolute Gasteiger partial charge is 0.376 e. The van der Waals surface area contributed by atoms with Crippen LogP contribution in [0.4, 0.5) is 0 Å². The van der Waals surface area contributed by atoms with E-state index in [2.05, 4.69) is 31.0 Å². The molecular weight excluding hydrogens is 266 g/mol. The van der Waals surface area contributed by atoms with Gasteiger partial charge in [-0.2, -0.15) is 0 Å². The second kappa shape index (κ2) is 7.07. The van der Waals surface area contributed by atoms with Crippen LogP contribution < -0.4 is 11.1 Å². The van der Waals surface area contributed by atoms with Crippen LogP contribution in [0.3, 0.4) is 0 Å². The molecule has 0 aromatic heterocycles. The van der Waals surface area contributed by atoms with Gasteiger partial charge in [-0.25, -0.2) is 0 Å². The Morgan fingerprint density at radius 1 is 1.43 bits per heavy atom. The summed E-state index contributed by atoms with van der Waals surface area (Å²) in [6.07, 6.45) is 4.49. The molecule has 1 saturated heterocycles. The Bertz CT molecular complexity index is 359. The van der Waals surface area contributed by atoms with Crippen molar-refractivity contribution in [3.63, 3.8) is 0 Å². The molecule has 3 atom stereocenters. The molecule has 3 N–H and O–H groups in total. The maximum atomic E-state index is 12.3. The van der Waals surface area contributed by atoms with Gasteiger partial charge < -0.3 is 15.8 Å². The molecule has 0 spiro atoms. The number of nitrogens with one attached hydrogen (secondary N) is 1. The van der Waals surface area contributed by atoms with Gasteiger partial charge in [-0.15, -0.1) is 0 Å². The Hall–Kier alpha value is -0.650. The first kappa shape index (κ1) is 16.7. The zero-order chi connectivity index (χ0) is 15.5. The smallest absolute Gasteiger partial charge is 0.239 e. The summed E-state index contributed by atoms with van der Waals surface area (Å²) in [6.45, 7) is 9.60. The van der Waals surface area contributed by atoms with E-state index < -0.39 is 5.54 Å². The van der Waals surface area contributed by atoms with Gasteiger partial charge in [-0.1, -0.05) is 13.8 Å². The van der Waals surface area contributed by atoms with Crippen LogP contribution in [0.2, 0.25) is 0 Å². The minimum atomic E-state index is -0.555. The van der Waals surface area contributed by atoms with E-state index in [0.717, 1.165) is 51.9 Å². The first-order chi connectivity index (χ1) is 10.0. The van der Waals surface area contributed by atoms with Gasteiger partial charge in [0.15, 0.2) is 0 Å². The Balaban J connectivity index is 2.14. The van der Waals surface area contributed by atoms with Gasteiger partial charge >= 0.3 is 0 Å². The van der Waals surface area contributed by atoms with Gasteiger partial charge in [-0.3, -0.25) is 9.69 Å². The van der Waals surface area contributed by atoms with Crippen molar-refractivity contribution < 1.29 is 9.53 Å². The van der Waals surface area contributed by atoms with Crippen molar-refractivity contribution in [2.24, 2.45) is 11.7 Å². The summed E-state index contributed by atoms with van der Waals surface area (Å²) < 4.78 is 5.77. The predicted octanol–water partition coefficient (Wildman–Crippen LogP) is 1.12. The van der Waals surface area contributed by atoms with E-state index in [-0.39, 0.29) is 12.0 Å². The third-order valence-corrected chi connectivity index (χ3v) is 4.91. The zero-order valence-electron chi connectivity index (χ0n) is 13.7. The second-order valence-corrected chi connectivity index (χ2v) is 6.67. The van der Waals surface area contributed by atoms with E-state index in [1.807, 2.05) is 0 Å². The zero-order valence-corrected chi connectivity index (χ0v) is 13.7. The van der Waals surface area contributed by atoms with E-state index in [0.29, 0.717) is 12.0 Å². The molecule has 2 rings (SSSR count). The number of morpholine rings is 1. The number of hydrogen-bond acceptors (Lipinski definition) is 4. The average Bonchev–Trinajstić information content (AvgIpc) is 3.28. The van der Waals surface area contributed by atoms with Crippen molar-refractivity contribution in [2.45, 2.75) is 64.1 Å². The summed E-state index contributed by atoms with van der Waals surface area (Å²) in [5.41, 5.74) is 5.28. The lowest BCUT2D eigenvalue weighted by Crippen LogP contribution is -2.66. The van der Waals surface area contributed by atoms with E-state index in [9.17, 15) is 4.79 Å². The lowest BCUT2D eigenvalue weighted by molar-refractivity contribution is -0.129. The van der Waals surface area contributed by atoms with Crippen molar-refractivity contribution in [3.8, 4) is 0 Å². The number of carbonyl (C=O) groups is 1. The molecule has 2 fully saturated rings. The molecule has 122 valence electrons. The second-order valence-electron chi connectivity index (χ2n) is 6.67. The summed E-state index contributed by atoms with van der Waals surface area (Å²) in [5.74, 6) is 0.213. The average molecular weight is 297 g/mol. The van der Waals surface area contributed by atoms with Crippen LogP contribution >= 0.6 is 0 Å². The maximum Gasteiger partial charge on any atom is 0.239 e. The molecule has 3 unspecified atom stereocenters. The van der Waals surface area contributed by atoms with Gasteiger partial charge in [0.1, 0.15) is 5.54 Å². The number of carbonyl (C=O) groups excluding carboxylic acids is 1. The first-order valence-corrected chi connectivity index (χ1v) is 8.44. The van der Waals surface area contributed by atoms with Crippen molar-refractivity contribution in [1.82, 2.24) is 10.2 Å². The van der Waals surface area contributed by atoms with E-state index >= 15 is 0 Å². The third-order valence-electron chi connectivity index (χ3n) is 4.91. The van der Waals surface area contributed by atoms with E-state index in [4.69, 9.17) is 10.5 Å². The molecule has 2 aliphatic rings. The molecule has 5 nitrogen and oxygen atoms in total. The summed E-state index contributed by atoms with van der Waals surface area (Å²) in [7, 11) is 0. The van der Waals surface area contributed by atoms with Crippen LogP contribution in [0.1, 0.15) is 46.5 Å². The molecule has 0 aromatic rings. The summed E-state index contributed by atoms with van der Waals surface area (Å²) >= 11 is 0. The molecule has 1 saturated carbocycles. The molecule has 1 aliphatic heterocycles.